The van der Waals surface area contributed by atoms with Gasteiger partial charge in [0.15, 0.2) is 11.5 Å². The van der Waals surface area contributed by atoms with Gasteiger partial charge in [0.25, 0.3) is 5.91 Å². The molecule has 1 unspecified atom stereocenters. The van der Waals surface area contributed by atoms with Crippen molar-refractivity contribution in [2.75, 3.05) is 19.4 Å². The Morgan fingerprint density at radius 1 is 1.37 bits per heavy atom. The van der Waals surface area contributed by atoms with Crippen LogP contribution in [-0.4, -0.2) is 46.6 Å². The number of nitrogen functional groups attached to an aromatic ring is 1. The number of anilines is 1. The molecule has 0 saturated carbocycles. The molecule has 156 valence electrons. The summed E-state index contributed by atoms with van der Waals surface area (Å²) in [6.45, 7) is -0.552. The number of nitro groups is 1. The molecule has 5 N–H and O–H groups in total. The van der Waals surface area contributed by atoms with Gasteiger partial charge in [0.2, 0.25) is 6.54 Å². The third kappa shape index (κ3) is 5.82. The molecule has 12 nitrogen and oxygen atoms in total. The predicted molar refractivity (Wildman–Crippen MR) is 107 cm³/mol. The maximum absolute atomic E-state index is 12.3. The summed E-state index contributed by atoms with van der Waals surface area (Å²) in [5.74, 6) is -1.34. The molecule has 0 aliphatic rings. The maximum atomic E-state index is 12.3. The zero-order valence-corrected chi connectivity index (χ0v) is 15.9. The van der Waals surface area contributed by atoms with E-state index < -0.39 is 29.4 Å². The minimum atomic E-state index is -0.946. The number of ether oxygens (including phenoxy) is 1. The molecule has 1 aromatic heterocycles. The van der Waals surface area contributed by atoms with Crippen LogP contribution in [0, 0.1) is 10.1 Å². The van der Waals surface area contributed by atoms with Crippen LogP contribution < -0.4 is 16.8 Å². The summed E-state index contributed by atoms with van der Waals surface area (Å²) in [4.78, 5) is 46.3. The van der Waals surface area contributed by atoms with E-state index in [1.807, 2.05) is 0 Å². The van der Waals surface area contributed by atoms with E-state index in [9.17, 15) is 19.7 Å². The molecule has 0 saturated heterocycles. The number of aliphatic imine (C=N–C) groups is 1. The van der Waals surface area contributed by atoms with E-state index in [-0.39, 0.29) is 22.8 Å². The lowest BCUT2D eigenvalue weighted by molar-refractivity contribution is -0.483. The van der Waals surface area contributed by atoms with Gasteiger partial charge in [-0.2, -0.15) is 0 Å². The number of nitrogens with zero attached hydrogens (tertiary/aromatic N) is 4. The van der Waals surface area contributed by atoms with Crippen molar-refractivity contribution in [1.82, 2.24) is 15.3 Å². The molecule has 0 spiro atoms. The van der Waals surface area contributed by atoms with Crippen molar-refractivity contribution in [1.29, 1.82) is 0 Å². The van der Waals surface area contributed by atoms with E-state index in [2.05, 4.69) is 25.0 Å². The zero-order chi connectivity index (χ0) is 22.1. The van der Waals surface area contributed by atoms with Crippen LogP contribution >= 0.6 is 0 Å². The predicted octanol–water partition coefficient (Wildman–Crippen LogP) is 0.464. The Labute approximate surface area is 170 Å². The van der Waals surface area contributed by atoms with Crippen molar-refractivity contribution in [3.8, 4) is 0 Å². The quantitative estimate of drug-likeness (QED) is 0.239. The molecule has 0 bridgehead atoms. The van der Waals surface area contributed by atoms with Gasteiger partial charge in [-0.25, -0.2) is 14.8 Å². The number of nitrogens with one attached hydrogen (secondary N) is 1. The zero-order valence-electron chi connectivity index (χ0n) is 15.9. The fourth-order valence-electron chi connectivity index (χ4n) is 2.37. The van der Waals surface area contributed by atoms with Gasteiger partial charge in [0.05, 0.1) is 18.4 Å². The van der Waals surface area contributed by atoms with Gasteiger partial charge in [-0.15, -0.1) is 0 Å². The monoisotopic (exact) mass is 413 g/mol. The van der Waals surface area contributed by atoms with E-state index in [4.69, 9.17) is 11.5 Å². The van der Waals surface area contributed by atoms with Crippen LogP contribution in [0.1, 0.15) is 32.5 Å². The average Bonchev–Trinajstić information content (AvgIpc) is 2.74. The van der Waals surface area contributed by atoms with Crippen molar-refractivity contribution in [3.05, 3.63) is 75.5 Å². The fraction of sp³-hybridized carbons (Fsp3) is 0.167. The normalized spacial score (nSPS) is 12.4. The Kier molecular flexibility index (Phi) is 7.51. The number of hydrogen-bond acceptors (Lipinski definition) is 10. The molecule has 1 aromatic carbocycles. The van der Waals surface area contributed by atoms with Crippen LogP contribution in [0.4, 0.5) is 5.82 Å². The van der Waals surface area contributed by atoms with Crippen molar-refractivity contribution >= 4 is 23.9 Å². The van der Waals surface area contributed by atoms with Crippen LogP contribution in [-0.2, 0) is 4.74 Å². The van der Waals surface area contributed by atoms with Gasteiger partial charge in [-0.1, -0.05) is 12.1 Å². The highest BCUT2D eigenvalue weighted by Crippen LogP contribution is 2.19. The summed E-state index contributed by atoms with van der Waals surface area (Å²) in [7, 11) is 1.23. The first kappa shape index (κ1) is 21.9. The first-order valence-electron chi connectivity index (χ1n) is 8.48. The maximum Gasteiger partial charge on any atom is 0.337 e. The smallest absolute Gasteiger partial charge is 0.337 e. The number of carbonyl (C=O) groups excluding carboxylic acids is 2. The SMILES string of the molecule is COC(=O)c1cccc(C(C[N+](=O)[O-])N=C/C(=C\N)NC(=O)c2nccnc2N)c1. The van der Waals surface area contributed by atoms with Crippen molar-refractivity contribution < 1.29 is 19.2 Å². The van der Waals surface area contributed by atoms with Crippen LogP contribution in [0.2, 0.25) is 0 Å². The number of esters is 1. The molecule has 2 aromatic rings. The summed E-state index contributed by atoms with van der Waals surface area (Å²) in [5.41, 5.74) is 11.7. The second-order valence-corrected chi connectivity index (χ2v) is 5.79. The number of nitrogens with two attached hydrogens (primary N) is 2. The van der Waals surface area contributed by atoms with Crippen molar-refractivity contribution in [2.45, 2.75) is 6.04 Å². The second kappa shape index (κ2) is 10.3. The van der Waals surface area contributed by atoms with E-state index >= 15 is 0 Å². The molecular formula is C18H19N7O5. The summed E-state index contributed by atoms with van der Waals surface area (Å²) in [6.07, 6.45) is 4.86. The Morgan fingerprint density at radius 3 is 2.73 bits per heavy atom. The highest BCUT2D eigenvalue weighted by molar-refractivity contribution is 6.00. The first-order chi connectivity index (χ1) is 14.3. The van der Waals surface area contributed by atoms with E-state index in [1.54, 1.807) is 12.1 Å². The number of benzene rings is 1. The highest BCUT2D eigenvalue weighted by Gasteiger charge is 2.19. The number of allylic oxidation sites excluding steroid dienone is 1. The molecule has 0 fully saturated rings. The molecule has 1 heterocycles. The van der Waals surface area contributed by atoms with Crippen LogP contribution in [0.3, 0.4) is 0 Å². The lowest BCUT2D eigenvalue weighted by atomic mass is 10.0. The molecule has 0 radical (unpaired) electrons. The molecule has 2 rings (SSSR count). The molecule has 12 heteroatoms. The summed E-state index contributed by atoms with van der Waals surface area (Å²) < 4.78 is 4.66. The minimum absolute atomic E-state index is 0.0579. The highest BCUT2D eigenvalue weighted by atomic mass is 16.6. The topological polar surface area (TPSA) is 189 Å². The van der Waals surface area contributed by atoms with Crippen molar-refractivity contribution in [2.24, 2.45) is 10.7 Å². The lowest BCUT2D eigenvalue weighted by Crippen LogP contribution is -2.26. The third-order valence-corrected chi connectivity index (χ3v) is 3.79. The summed E-state index contributed by atoms with van der Waals surface area (Å²) in [6, 6.07) is 5.16. The Hall–Kier alpha value is -4.35. The van der Waals surface area contributed by atoms with Gasteiger partial charge < -0.3 is 21.5 Å². The fourth-order valence-corrected chi connectivity index (χ4v) is 2.37. The lowest BCUT2D eigenvalue weighted by Gasteiger charge is -2.11. The van der Waals surface area contributed by atoms with Gasteiger partial charge in [0.1, 0.15) is 6.04 Å². The molecule has 1 atom stereocenters. The van der Waals surface area contributed by atoms with E-state index in [0.717, 1.165) is 6.20 Å². The Morgan fingerprint density at radius 2 is 2.10 bits per heavy atom. The average molecular weight is 413 g/mol. The van der Waals surface area contributed by atoms with Crippen LogP contribution in [0.5, 0.6) is 0 Å². The van der Waals surface area contributed by atoms with Gasteiger partial charge in [0, 0.05) is 29.7 Å². The summed E-state index contributed by atoms with van der Waals surface area (Å²) in [5, 5.41) is 13.5. The number of carbonyl (C=O) groups is 2. The van der Waals surface area contributed by atoms with E-state index in [1.165, 1.54) is 37.9 Å². The van der Waals surface area contributed by atoms with Gasteiger partial charge >= 0.3 is 5.97 Å². The molecule has 1 amide bonds. The Bertz CT molecular complexity index is 1010. The number of hydrogen-bond donors (Lipinski definition) is 3. The minimum Gasteiger partial charge on any atom is -0.465 e. The molecule has 30 heavy (non-hydrogen) atoms. The van der Waals surface area contributed by atoms with Gasteiger partial charge in [-0.05, 0) is 17.7 Å². The first-order valence-corrected chi connectivity index (χ1v) is 8.48. The van der Waals surface area contributed by atoms with Gasteiger partial charge in [-0.3, -0.25) is 19.9 Å². The standard InChI is InChI=1S/C18H19N7O5/c1-30-18(27)12-4-2-3-11(7-12)14(10-25(28)29)23-9-13(8-19)24-17(26)15-16(20)22-6-5-21-15/h2-9,14H,10,19H2,1H3,(H2,20,22)(H,24,26)/b13-8+,23-9?. The number of aromatic nitrogens is 2. The number of methoxy groups -OCH3 is 1. The molecular weight excluding hydrogens is 394 g/mol. The largest absolute Gasteiger partial charge is 0.465 e. The second-order valence-electron chi connectivity index (χ2n) is 5.79. The van der Waals surface area contributed by atoms with Crippen molar-refractivity contribution in [3.63, 3.8) is 0 Å². The van der Waals surface area contributed by atoms with E-state index in [0.29, 0.717) is 5.56 Å². The van der Waals surface area contributed by atoms with Crippen LogP contribution in [0.25, 0.3) is 0 Å². The Balaban J connectivity index is 2.24. The number of amides is 1. The third-order valence-electron chi connectivity index (χ3n) is 3.79. The van der Waals surface area contributed by atoms with Crippen LogP contribution in [0.15, 0.2) is 53.5 Å². The number of rotatable bonds is 8. The summed E-state index contributed by atoms with van der Waals surface area (Å²) >= 11 is 0. The molecule has 0 aliphatic carbocycles. The molecule has 0 aliphatic heterocycles.